The molecule has 2 atom stereocenters. The first kappa shape index (κ1) is 17.7. The summed E-state index contributed by atoms with van der Waals surface area (Å²) in [7, 11) is 0. The van der Waals surface area contributed by atoms with E-state index in [-0.39, 0.29) is 0 Å². The van der Waals surface area contributed by atoms with Crippen LogP contribution in [0.25, 0.3) is 10.9 Å². The number of nitrogens with one attached hydrogen (secondary N) is 1. The second-order valence-corrected chi connectivity index (χ2v) is 7.05. The van der Waals surface area contributed by atoms with Crippen molar-refractivity contribution in [3.8, 4) is 0 Å². The second kappa shape index (κ2) is 8.86. The van der Waals surface area contributed by atoms with Crippen molar-refractivity contribution in [3.63, 3.8) is 0 Å². The molecular formula is C17H22N2O3S. The number of rotatable bonds is 8. The quantitative estimate of drug-likeness (QED) is 0.336. The average molecular weight is 334 g/mol. The Morgan fingerprint density at radius 2 is 2.09 bits per heavy atom. The van der Waals surface area contributed by atoms with Crippen LogP contribution in [0.1, 0.15) is 39.0 Å². The number of aromatic nitrogens is 1. The van der Waals surface area contributed by atoms with Crippen LogP contribution in [0.2, 0.25) is 0 Å². The molecule has 0 spiro atoms. The number of amides is 1. The first-order valence-corrected chi connectivity index (χ1v) is 9.08. The van der Waals surface area contributed by atoms with Gasteiger partial charge in [0.15, 0.2) is 4.90 Å². The number of carbonyl (C=O) groups excluding carboxylic acids is 1. The summed E-state index contributed by atoms with van der Waals surface area (Å²) < 4.78 is 12.9. The summed E-state index contributed by atoms with van der Waals surface area (Å²) in [6.07, 6.45) is 6.07. The van der Waals surface area contributed by atoms with Gasteiger partial charge in [-0.15, -0.1) is 0 Å². The Kier molecular flexibility index (Phi) is 6.83. The van der Waals surface area contributed by atoms with Crippen LogP contribution in [-0.2, 0) is 16.0 Å². The van der Waals surface area contributed by atoms with Gasteiger partial charge >= 0.3 is 0 Å². The van der Waals surface area contributed by atoms with Crippen molar-refractivity contribution in [1.82, 2.24) is 10.5 Å². The molecule has 23 heavy (non-hydrogen) atoms. The summed E-state index contributed by atoms with van der Waals surface area (Å²) in [5.41, 5.74) is 2.29. The fraction of sp³-hybridized carbons (Fsp3) is 0.412. The van der Waals surface area contributed by atoms with Crippen LogP contribution < -0.4 is 5.48 Å². The van der Waals surface area contributed by atoms with Gasteiger partial charge in [0.05, 0.1) is 0 Å². The number of hydroxylamine groups is 1. The first-order chi connectivity index (χ1) is 11.2. The molecule has 2 rings (SSSR count). The Morgan fingerprint density at radius 3 is 2.83 bits per heavy atom. The van der Waals surface area contributed by atoms with E-state index in [9.17, 15) is 9.35 Å². The van der Waals surface area contributed by atoms with E-state index in [1.165, 1.54) is 0 Å². The third-order valence-corrected chi connectivity index (χ3v) is 5.52. The first-order valence-electron chi connectivity index (χ1n) is 7.87. The highest BCUT2D eigenvalue weighted by Gasteiger charge is 2.33. The molecule has 0 aliphatic heterocycles. The number of fused-ring (bicyclic) bond motifs is 1. The highest BCUT2D eigenvalue weighted by molar-refractivity contribution is 7.93. The van der Waals surface area contributed by atoms with Gasteiger partial charge in [0.2, 0.25) is 5.25 Å². The zero-order chi connectivity index (χ0) is 16.7. The lowest BCUT2D eigenvalue weighted by atomic mass is 10.1. The van der Waals surface area contributed by atoms with Crippen LogP contribution >= 0.6 is 0 Å². The Labute approximate surface area is 139 Å². The van der Waals surface area contributed by atoms with E-state index in [0.717, 1.165) is 31.1 Å². The molecule has 6 heteroatoms. The number of para-hydroxylation sites is 1. The molecule has 2 N–H and O–H groups in total. The zero-order valence-corrected chi connectivity index (χ0v) is 14.0. The van der Waals surface area contributed by atoms with Crippen molar-refractivity contribution in [1.29, 1.82) is 0 Å². The lowest BCUT2D eigenvalue weighted by Gasteiger charge is -2.20. The minimum Gasteiger partial charge on any atom is -0.611 e. The predicted octanol–water partition coefficient (Wildman–Crippen LogP) is 3.19. The molecule has 1 aromatic heterocycles. The van der Waals surface area contributed by atoms with Crippen LogP contribution in [0, 0.1) is 0 Å². The minimum atomic E-state index is -1.57. The standard InChI is InChI=1S/C17H22N2O3S/c1-2-3-4-5-10-15(17(20)19-21)23(22)14-11-6-8-13-9-7-12-18-16(13)14/h6-9,11-12,15,21H,2-5,10H2,1H3,(H,19,20). The number of hydrogen-bond donors (Lipinski definition) is 2. The molecule has 2 unspecified atom stereocenters. The van der Waals surface area contributed by atoms with E-state index < -0.39 is 22.3 Å². The normalized spacial score (nSPS) is 13.7. The van der Waals surface area contributed by atoms with E-state index in [2.05, 4.69) is 11.9 Å². The summed E-state index contributed by atoms with van der Waals surface area (Å²) in [4.78, 5) is 16.8. The van der Waals surface area contributed by atoms with Gasteiger partial charge in [-0.3, -0.25) is 15.0 Å². The van der Waals surface area contributed by atoms with Gasteiger partial charge in [-0.1, -0.05) is 44.4 Å². The maximum Gasteiger partial charge on any atom is 0.296 e. The molecule has 0 saturated heterocycles. The molecule has 5 nitrogen and oxygen atoms in total. The van der Waals surface area contributed by atoms with E-state index in [1.54, 1.807) is 17.7 Å². The van der Waals surface area contributed by atoms with Gasteiger partial charge in [-0.25, -0.2) is 5.48 Å². The van der Waals surface area contributed by atoms with Crippen LogP contribution in [0.5, 0.6) is 0 Å². The molecule has 0 bridgehead atoms. The van der Waals surface area contributed by atoms with Crippen molar-refractivity contribution in [2.24, 2.45) is 0 Å². The Bertz CT molecular complexity index is 645. The van der Waals surface area contributed by atoms with Crippen molar-refractivity contribution >= 4 is 28.0 Å². The number of hydrogen-bond acceptors (Lipinski definition) is 4. The maximum atomic E-state index is 12.9. The monoisotopic (exact) mass is 334 g/mol. The Hall–Kier alpha value is -1.63. The molecule has 0 radical (unpaired) electrons. The molecule has 1 heterocycles. The molecule has 0 fully saturated rings. The van der Waals surface area contributed by atoms with Gasteiger partial charge in [0.1, 0.15) is 5.52 Å². The van der Waals surface area contributed by atoms with Crippen LogP contribution in [0.4, 0.5) is 0 Å². The summed E-state index contributed by atoms with van der Waals surface area (Å²) in [6, 6.07) is 9.14. The Morgan fingerprint density at radius 1 is 1.30 bits per heavy atom. The van der Waals surface area contributed by atoms with Gasteiger partial charge in [-0.2, -0.15) is 0 Å². The third kappa shape index (κ3) is 4.43. The summed E-state index contributed by atoms with van der Waals surface area (Å²) in [5.74, 6) is -0.604. The number of pyridine rings is 1. The summed E-state index contributed by atoms with van der Waals surface area (Å²) in [5, 5.41) is 9.08. The second-order valence-electron chi connectivity index (χ2n) is 5.44. The van der Waals surface area contributed by atoms with Gasteiger partial charge < -0.3 is 4.55 Å². The van der Waals surface area contributed by atoms with E-state index in [1.807, 2.05) is 24.3 Å². The van der Waals surface area contributed by atoms with Crippen molar-refractivity contribution < 1.29 is 14.6 Å². The number of nitrogens with zero attached hydrogens (tertiary/aromatic N) is 1. The fourth-order valence-electron chi connectivity index (χ4n) is 2.56. The smallest absolute Gasteiger partial charge is 0.296 e. The highest BCUT2D eigenvalue weighted by atomic mass is 32.2. The van der Waals surface area contributed by atoms with Gasteiger partial charge in [0, 0.05) is 29.2 Å². The van der Waals surface area contributed by atoms with Crippen molar-refractivity contribution in [3.05, 3.63) is 36.5 Å². The lowest BCUT2D eigenvalue weighted by molar-refractivity contribution is -0.128. The average Bonchev–Trinajstić information content (AvgIpc) is 2.60. The summed E-state index contributed by atoms with van der Waals surface area (Å²) in [6.45, 7) is 2.11. The van der Waals surface area contributed by atoms with Crippen LogP contribution in [0.15, 0.2) is 41.4 Å². The molecule has 0 aliphatic rings. The highest BCUT2D eigenvalue weighted by Crippen LogP contribution is 2.26. The number of carbonyl (C=O) groups is 1. The number of unbranched alkanes of at least 4 members (excludes halogenated alkanes) is 3. The molecule has 2 aromatic rings. The SMILES string of the molecule is CCCCCCC(C(=O)NO)[S+]([O-])c1cccc2cccnc12. The van der Waals surface area contributed by atoms with Gasteiger partial charge in [0.25, 0.3) is 5.91 Å². The largest absolute Gasteiger partial charge is 0.611 e. The third-order valence-electron chi connectivity index (χ3n) is 3.79. The topological polar surface area (TPSA) is 85.3 Å². The number of benzene rings is 1. The lowest BCUT2D eigenvalue weighted by Crippen LogP contribution is -2.38. The molecule has 0 saturated carbocycles. The van der Waals surface area contributed by atoms with Gasteiger partial charge in [-0.05, 0) is 18.6 Å². The molecular weight excluding hydrogens is 312 g/mol. The molecule has 1 amide bonds. The van der Waals surface area contributed by atoms with E-state index >= 15 is 0 Å². The maximum absolute atomic E-state index is 12.9. The fourth-order valence-corrected chi connectivity index (χ4v) is 4.06. The van der Waals surface area contributed by atoms with Crippen LogP contribution in [-0.4, -0.2) is 25.9 Å². The van der Waals surface area contributed by atoms with Crippen molar-refractivity contribution in [2.75, 3.05) is 0 Å². The minimum absolute atomic E-state index is 0.474. The van der Waals surface area contributed by atoms with Crippen molar-refractivity contribution in [2.45, 2.75) is 49.2 Å². The predicted molar refractivity (Wildman–Crippen MR) is 90.6 cm³/mol. The Balaban J connectivity index is 2.24. The van der Waals surface area contributed by atoms with E-state index in [4.69, 9.17) is 5.21 Å². The molecule has 124 valence electrons. The van der Waals surface area contributed by atoms with Crippen LogP contribution in [0.3, 0.4) is 0 Å². The van der Waals surface area contributed by atoms with E-state index in [0.29, 0.717) is 16.8 Å². The zero-order valence-electron chi connectivity index (χ0n) is 13.2. The molecule has 1 aromatic carbocycles. The summed E-state index contributed by atoms with van der Waals surface area (Å²) >= 11 is -1.57. The molecule has 0 aliphatic carbocycles.